The molecule has 2 heterocycles. The standard InChI is InChI=1S/C14H10ClFN4O/c1-20-7-9(6-17-20)12-5-13(21)19-14(18-12)8-2-3-11(16)10(15)4-8/h2-7H,1H3,(H,18,19,21). The summed E-state index contributed by atoms with van der Waals surface area (Å²) in [5.74, 6) is -0.200. The van der Waals surface area contributed by atoms with E-state index in [9.17, 15) is 9.18 Å². The number of nitrogens with zero attached hydrogens (tertiary/aromatic N) is 3. The summed E-state index contributed by atoms with van der Waals surface area (Å²) in [4.78, 5) is 18.8. The van der Waals surface area contributed by atoms with Crippen LogP contribution in [0.3, 0.4) is 0 Å². The van der Waals surface area contributed by atoms with Gasteiger partial charge in [0.15, 0.2) is 0 Å². The zero-order valence-electron chi connectivity index (χ0n) is 11.0. The quantitative estimate of drug-likeness (QED) is 0.791. The fourth-order valence-electron chi connectivity index (χ4n) is 1.94. The predicted octanol–water partition coefficient (Wildman–Crippen LogP) is 2.63. The molecule has 5 nitrogen and oxygen atoms in total. The molecule has 0 aliphatic carbocycles. The van der Waals surface area contributed by atoms with Crippen LogP contribution in [0.25, 0.3) is 22.6 Å². The summed E-state index contributed by atoms with van der Waals surface area (Å²) in [7, 11) is 1.78. The van der Waals surface area contributed by atoms with Gasteiger partial charge in [0, 0.05) is 30.4 Å². The third-order valence-electron chi connectivity index (χ3n) is 2.94. The maximum Gasteiger partial charge on any atom is 0.251 e. The van der Waals surface area contributed by atoms with Crippen LogP contribution in [0.15, 0.2) is 41.5 Å². The van der Waals surface area contributed by atoms with Crippen molar-refractivity contribution in [1.82, 2.24) is 19.7 Å². The van der Waals surface area contributed by atoms with Crippen molar-refractivity contribution in [2.75, 3.05) is 0 Å². The highest BCUT2D eigenvalue weighted by Gasteiger charge is 2.09. The van der Waals surface area contributed by atoms with E-state index in [0.29, 0.717) is 17.1 Å². The number of H-pyrrole nitrogens is 1. The molecule has 21 heavy (non-hydrogen) atoms. The van der Waals surface area contributed by atoms with Crippen LogP contribution in [0.4, 0.5) is 4.39 Å². The Labute approximate surface area is 124 Å². The third kappa shape index (κ3) is 2.71. The minimum atomic E-state index is -0.522. The second-order valence-corrected chi connectivity index (χ2v) is 4.92. The molecule has 0 fully saturated rings. The lowest BCUT2D eigenvalue weighted by atomic mass is 10.2. The van der Waals surface area contributed by atoms with Crippen LogP contribution in [0, 0.1) is 5.82 Å². The molecule has 3 aromatic rings. The number of hydrogen-bond donors (Lipinski definition) is 1. The maximum atomic E-state index is 13.2. The van der Waals surface area contributed by atoms with Crippen molar-refractivity contribution >= 4 is 11.6 Å². The van der Waals surface area contributed by atoms with Crippen molar-refractivity contribution < 1.29 is 4.39 Å². The summed E-state index contributed by atoms with van der Waals surface area (Å²) >= 11 is 5.76. The lowest BCUT2D eigenvalue weighted by molar-refractivity contribution is 0.628. The van der Waals surface area contributed by atoms with Crippen molar-refractivity contribution in [2.45, 2.75) is 0 Å². The summed E-state index contributed by atoms with van der Waals surface area (Å²) in [6.07, 6.45) is 3.37. The van der Waals surface area contributed by atoms with E-state index in [-0.39, 0.29) is 10.6 Å². The molecule has 106 valence electrons. The fourth-order valence-corrected chi connectivity index (χ4v) is 2.12. The predicted molar refractivity (Wildman–Crippen MR) is 77.5 cm³/mol. The number of aromatic nitrogens is 4. The van der Waals surface area contributed by atoms with E-state index in [1.807, 2.05) is 0 Å². The molecule has 0 spiro atoms. The Hall–Kier alpha value is -2.47. The van der Waals surface area contributed by atoms with Gasteiger partial charge in [0.2, 0.25) is 0 Å². The van der Waals surface area contributed by atoms with Crippen molar-refractivity contribution in [2.24, 2.45) is 7.05 Å². The van der Waals surface area contributed by atoms with Crippen molar-refractivity contribution in [1.29, 1.82) is 0 Å². The van der Waals surface area contributed by atoms with Gasteiger partial charge in [-0.2, -0.15) is 5.10 Å². The Kier molecular flexibility index (Phi) is 3.31. The lowest BCUT2D eigenvalue weighted by Crippen LogP contribution is -2.08. The van der Waals surface area contributed by atoms with Gasteiger partial charge in [-0.15, -0.1) is 0 Å². The van der Waals surface area contributed by atoms with Gasteiger partial charge in [0.1, 0.15) is 11.6 Å². The minimum Gasteiger partial charge on any atom is -0.306 e. The van der Waals surface area contributed by atoms with Crippen LogP contribution in [0.1, 0.15) is 0 Å². The number of rotatable bonds is 2. The number of benzene rings is 1. The summed E-state index contributed by atoms with van der Waals surface area (Å²) in [6.45, 7) is 0. The second-order valence-electron chi connectivity index (χ2n) is 4.51. The monoisotopic (exact) mass is 304 g/mol. The Balaban J connectivity index is 2.13. The van der Waals surface area contributed by atoms with Crippen LogP contribution in [-0.4, -0.2) is 19.7 Å². The van der Waals surface area contributed by atoms with Gasteiger partial charge in [0.05, 0.1) is 16.9 Å². The molecule has 0 atom stereocenters. The second kappa shape index (κ2) is 5.14. The Morgan fingerprint density at radius 3 is 2.76 bits per heavy atom. The van der Waals surface area contributed by atoms with Gasteiger partial charge in [-0.05, 0) is 18.2 Å². The number of aromatic amines is 1. The molecule has 7 heteroatoms. The molecule has 0 aliphatic rings. The first-order valence-electron chi connectivity index (χ1n) is 6.09. The Morgan fingerprint density at radius 2 is 2.10 bits per heavy atom. The average Bonchev–Trinajstić information content (AvgIpc) is 2.88. The van der Waals surface area contributed by atoms with Gasteiger partial charge in [-0.25, -0.2) is 9.37 Å². The zero-order valence-corrected chi connectivity index (χ0v) is 11.7. The summed E-state index contributed by atoms with van der Waals surface area (Å²) in [5, 5.41) is 4.02. The number of aryl methyl sites for hydroxylation is 1. The van der Waals surface area contributed by atoms with Crippen LogP contribution in [0.5, 0.6) is 0 Å². The fraction of sp³-hybridized carbons (Fsp3) is 0.0714. The Morgan fingerprint density at radius 1 is 1.29 bits per heavy atom. The molecule has 0 aliphatic heterocycles. The molecule has 2 aromatic heterocycles. The van der Waals surface area contributed by atoms with Gasteiger partial charge in [-0.3, -0.25) is 9.48 Å². The Bertz CT molecular complexity index is 871. The largest absolute Gasteiger partial charge is 0.306 e. The minimum absolute atomic E-state index is 0.0260. The van der Waals surface area contributed by atoms with Gasteiger partial charge in [-0.1, -0.05) is 11.6 Å². The van der Waals surface area contributed by atoms with Gasteiger partial charge in [0.25, 0.3) is 5.56 Å². The highest BCUT2D eigenvalue weighted by atomic mass is 35.5. The molecule has 0 unspecified atom stereocenters. The first kappa shape index (κ1) is 13.5. The van der Waals surface area contributed by atoms with Crippen LogP contribution >= 0.6 is 11.6 Å². The van der Waals surface area contributed by atoms with Crippen LogP contribution < -0.4 is 5.56 Å². The van der Waals surface area contributed by atoms with Crippen LogP contribution in [-0.2, 0) is 7.05 Å². The van der Waals surface area contributed by atoms with Crippen molar-refractivity contribution in [3.05, 3.63) is 57.9 Å². The van der Waals surface area contributed by atoms with E-state index in [2.05, 4.69) is 15.1 Å². The first-order chi connectivity index (χ1) is 10.0. The topological polar surface area (TPSA) is 63.6 Å². The molecular weight excluding hydrogens is 295 g/mol. The number of hydrogen-bond acceptors (Lipinski definition) is 3. The summed E-state index contributed by atoms with van der Waals surface area (Å²) < 4.78 is 14.8. The molecule has 1 aromatic carbocycles. The average molecular weight is 305 g/mol. The molecular formula is C14H10ClFN4O. The van der Waals surface area contributed by atoms with Crippen molar-refractivity contribution in [3.63, 3.8) is 0 Å². The van der Waals surface area contributed by atoms with E-state index in [4.69, 9.17) is 11.6 Å². The summed E-state index contributed by atoms with van der Waals surface area (Å²) in [6, 6.07) is 5.54. The molecule has 0 bridgehead atoms. The van der Waals surface area contributed by atoms with E-state index in [0.717, 1.165) is 5.56 Å². The van der Waals surface area contributed by atoms with Crippen LogP contribution in [0.2, 0.25) is 5.02 Å². The summed E-state index contributed by atoms with van der Waals surface area (Å²) in [5.41, 5.74) is 1.43. The highest BCUT2D eigenvalue weighted by Crippen LogP contribution is 2.23. The lowest BCUT2D eigenvalue weighted by Gasteiger charge is -2.04. The SMILES string of the molecule is Cn1cc(-c2cc(=O)[nH]c(-c3ccc(F)c(Cl)c3)n2)cn1. The normalized spacial score (nSPS) is 10.8. The van der Waals surface area contributed by atoms with Gasteiger partial charge < -0.3 is 4.98 Å². The molecule has 3 rings (SSSR count). The molecule has 0 amide bonds. The smallest absolute Gasteiger partial charge is 0.251 e. The van der Waals surface area contributed by atoms with E-state index >= 15 is 0 Å². The van der Waals surface area contributed by atoms with E-state index < -0.39 is 5.82 Å². The molecule has 1 N–H and O–H groups in total. The van der Waals surface area contributed by atoms with E-state index in [1.165, 1.54) is 24.3 Å². The molecule has 0 saturated heterocycles. The third-order valence-corrected chi connectivity index (χ3v) is 3.22. The maximum absolute atomic E-state index is 13.2. The molecule has 0 saturated carbocycles. The zero-order chi connectivity index (χ0) is 15.0. The molecule has 0 radical (unpaired) electrons. The van der Waals surface area contributed by atoms with Gasteiger partial charge >= 0.3 is 0 Å². The first-order valence-corrected chi connectivity index (χ1v) is 6.46. The number of nitrogens with one attached hydrogen (secondary N) is 1. The highest BCUT2D eigenvalue weighted by molar-refractivity contribution is 6.31. The van der Waals surface area contributed by atoms with Crippen molar-refractivity contribution in [3.8, 4) is 22.6 Å². The van der Waals surface area contributed by atoms with E-state index in [1.54, 1.807) is 24.1 Å². The number of halogens is 2.